The number of aromatic nitrogens is 1. The number of furan rings is 1. The Bertz CT molecular complexity index is 474. The van der Waals surface area contributed by atoms with Crippen molar-refractivity contribution in [1.29, 1.82) is 0 Å². The maximum absolute atomic E-state index is 11.6. The number of nitrogens with zero attached hydrogens (tertiary/aromatic N) is 1. The minimum absolute atomic E-state index is 0.116. The summed E-state index contributed by atoms with van der Waals surface area (Å²) in [7, 11) is 0. The second-order valence-corrected chi connectivity index (χ2v) is 3.17. The first kappa shape index (κ1) is 8.90. The largest absolute Gasteiger partial charge is 0.462 e. The Labute approximate surface area is 80.7 Å². The second-order valence-electron chi connectivity index (χ2n) is 3.17. The monoisotopic (exact) mass is 190 g/mol. The molecule has 14 heavy (non-hydrogen) atoms. The highest BCUT2D eigenvalue weighted by atomic mass is 16.3. The Morgan fingerprint density at radius 2 is 2.43 bits per heavy atom. The number of ketones is 1. The van der Waals surface area contributed by atoms with E-state index in [1.54, 1.807) is 25.4 Å². The Balaban J connectivity index is 2.58. The molecule has 1 unspecified atom stereocenters. The van der Waals surface area contributed by atoms with E-state index in [0.29, 0.717) is 11.1 Å². The van der Waals surface area contributed by atoms with Crippen LogP contribution in [0.5, 0.6) is 0 Å². The third-order valence-electron chi connectivity index (χ3n) is 2.06. The average molecular weight is 190 g/mol. The summed E-state index contributed by atoms with van der Waals surface area (Å²) in [6.07, 6.45) is 4.63. The molecular formula is C10H10N2O2. The fraction of sp³-hybridized carbons (Fsp3) is 0.200. The van der Waals surface area contributed by atoms with E-state index in [1.807, 2.05) is 0 Å². The average Bonchev–Trinajstić information content (AvgIpc) is 2.60. The van der Waals surface area contributed by atoms with E-state index in [9.17, 15) is 4.79 Å². The van der Waals surface area contributed by atoms with Gasteiger partial charge in [-0.05, 0) is 13.0 Å². The maximum Gasteiger partial charge on any atom is 0.183 e. The number of hydrogen-bond donors (Lipinski definition) is 1. The first-order valence-electron chi connectivity index (χ1n) is 4.31. The number of carbonyl (C=O) groups excluding carboxylic acids is 1. The molecule has 2 N–H and O–H groups in total. The normalized spacial score (nSPS) is 13.0. The van der Waals surface area contributed by atoms with Crippen molar-refractivity contribution in [1.82, 2.24) is 4.98 Å². The van der Waals surface area contributed by atoms with Crippen molar-refractivity contribution in [3.63, 3.8) is 0 Å². The predicted molar refractivity (Wildman–Crippen MR) is 52.0 cm³/mol. The summed E-state index contributed by atoms with van der Waals surface area (Å²) in [6.45, 7) is 1.66. The molecule has 2 heterocycles. The fourth-order valence-corrected chi connectivity index (χ4v) is 1.32. The fourth-order valence-electron chi connectivity index (χ4n) is 1.32. The van der Waals surface area contributed by atoms with Gasteiger partial charge in [0.2, 0.25) is 0 Å². The number of nitrogens with two attached hydrogens (primary N) is 1. The third kappa shape index (κ3) is 1.29. The summed E-state index contributed by atoms with van der Waals surface area (Å²) in [5, 5.41) is 0.766. The van der Waals surface area contributed by atoms with E-state index in [0.717, 1.165) is 5.39 Å². The molecule has 2 rings (SSSR count). The van der Waals surface area contributed by atoms with Gasteiger partial charge < -0.3 is 10.2 Å². The Hall–Kier alpha value is -1.68. The Kier molecular flexibility index (Phi) is 2.05. The molecule has 0 aliphatic heterocycles. The quantitative estimate of drug-likeness (QED) is 0.726. The van der Waals surface area contributed by atoms with Gasteiger partial charge in [-0.25, -0.2) is 0 Å². The summed E-state index contributed by atoms with van der Waals surface area (Å²) in [5.74, 6) is -0.116. The van der Waals surface area contributed by atoms with Crippen molar-refractivity contribution in [2.75, 3.05) is 0 Å². The molecule has 4 heteroatoms. The van der Waals surface area contributed by atoms with Crippen LogP contribution in [-0.2, 0) is 0 Å². The minimum atomic E-state index is -0.510. The van der Waals surface area contributed by atoms with Crippen LogP contribution in [0.1, 0.15) is 17.3 Å². The lowest BCUT2D eigenvalue weighted by Crippen LogP contribution is -2.26. The molecular weight excluding hydrogens is 180 g/mol. The van der Waals surface area contributed by atoms with Crippen molar-refractivity contribution in [3.05, 3.63) is 30.3 Å². The lowest BCUT2D eigenvalue weighted by molar-refractivity contribution is 0.0968. The molecule has 72 valence electrons. The van der Waals surface area contributed by atoms with Gasteiger partial charge in [-0.3, -0.25) is 9.78 Å². The molecule has 0 aromatic carbocycles. The molecule has 0 aliphatic carbocycles. The van der Waals surface area contributed by atoms with Crippen molar-refractivity contribution in [2.45, 2.75) is 13.0 Å². The molecule has 0 saturated heterocycles. The van der Waals surface area contributed by atoms with Crippen molar-refractivity contribution < 1.29 is 9.21 Å². The number of Topliss-reactive ketones (excluding diaryl/α,β-unsaturated/α-hetero) is 1. The van der Waals surface area contributed by atoms with E-state index in [4.69, 9.17) is 10.2 Å². The highest BCUT2D eigenvalue weighted by Gasteiger charge is 2.16. The van der Waals surface area contributed by atoms with E-state index in [-0.39, 0.29) is 5.78 Å². The van der Waals surface area contributed by atoms with Gasteiger partial charge in [0.1, 0.15) is 6.26 Å². The van der Waals surface area contributed by atoms with Gasteiger partial charge in [0, 0.05) is 11.6 Å². The van der Waals surface area contributed by atoms with E-state index >= 15 is 0 Å². The van der Waals surface area contributed by atoms with Crippen LogP contribution in [0.3, 0.4) is 0 Å². The predicted octanol–water partition coefficient (Wildman–Crippen LogP) is 1.36. The number of fused-ring (bicyclic) bond motifs is 1. The SMILES string of the molecule is CC(N)C(=O)c1coc2cnccc12. The number of carbonyl (C=O) groups is 1. The molecule has 0 bridgehead atoms. The third-order valence-corrected chi connectivity index (χ3v) is 2.06. The van der Waals surface area contributed by atoms with Crippen molar-refractivity contribution >= 4 is 16.8 Å². The molecule has 1 atom stereocenters. The van der Waals surface area contributed by atoms with E-state index in [2.05, 4.69) is 4.98 Å². The van der Waals surface area contributed by atoms with Crippen LogP contribution >= 0.6 is 0 Å². The summed E-state index contributed by atoms with van der Waals surface area (Å²) >= 11 is 0. The first-order valence-corrected chi connectivity index (χ1v) is 4.31. The van der Waals surface area contributed by atoms with Gasteiger partial charge in [-0.2, -0.15) is 0 Å². The van der Waals surface area contributed by atoms with Crippen molar-refractivity contribution in [3.8, 4) is 0 Å². The number of pyridine rings is 1. The van der Waals surface area contributed by atoms with Crippen LogP contribution in [0, 0.1) is 0 Å². The van der Waals surface area contributed by atoms with Gasteiger partial charge in [0.15, 0.2) is 11.4 Å². The zero-order chi connectivity index (χ0) is 10.1. The maximum atomic E-state index is 11.6. The highest BCUT2D eigenvalue weighted by molar-refractivity contribution is 6.09. The second kappa shape index (κ2) is 3.23. The molecule has 0 saturated carbocycles. The van der Waals surface area contributed by atoms with Crippen molar-refractivity contribution in [2.24, 2.45) is 5.73 Å². The zero-order valence-corrected chi connectivity index (χ0v) is 7.73. The topological polar surface area (TPSA) is 69.1 Å². The van der Waals surface area contributed by atoms with E-state index < -0.39 is 6.04 Å². The number of rotatable bonds is 2. The summed E-state index contributed by atoms with van der Waals surface area (Å²) in [5.41, 5.74) is 6.64. The lowest BCUT2D eigenvalue weighted by Gasteiger charge is -2.00. The molecule has 2 aromatic heterocycles. The van der Waals surface area contributed by atoms with Crippen LogP contribution in [0.4, 0.5) is 0 Å². The summed E-state index contributed by atoms with van der Waals surface area (Å²) in [6, 6.07) is 1.23. The zero-order valence-electron chi connectivity index (χ0n) is 7.73. The number of hydrogen-bond acceptors (Lipinski definition) is 4. The lowest BCUT2D eigenvalue weighted by atomic mass is 10.1. The van der Waals surface area contributed by atoms with Gasteiger partial charge >= 0.3 is 0 Å². The standard InChI is InChI=1S/C10H10N2O2/c1-6(11)10(13)8-5-14-9-4-12-3-2-7(8)9/h2-6H,11H2,1H3. The van der Waals surface area contributed by atoms with Crippen LogP contribution in [0.25, 0.3) is 11.0 Å². The Morgan fingerprint density at radius 3 is 3.14 bits per heavy atom. The smallest absolute Gasteiger partial charge is 0.183 e. The Morgan fingerprint density at radius 1 is 1.64 bits per heavy atom. The van der Waals surface area contributed by atoms with E-state index in [1.165, 1.54) is 6.26 Å². The first-order chi connectivity index (χ1) is 6.70. The molecule has 0 fully saturated rings. The molecule has 0 amide bonds. The van der Waals surface area contributed by atoms with Gasteiger partial charge in [0.25, 0.3) is 0 Å². The summed E-state index contributed by atoms with van der Waals surface area (Å²) < 4.78 is 5.18. The van der Waals surface area contributed by atoms with Crippen LogP contribution in [0.15, 0.2) is 29.1 Å². The molecule has 0 spiro atoms. The molecule has 2 aromatic rings. The van der Waals surface area contributed by atoms with Crippen LogP contribution < -0.4 is 5.73 Å². The van der Waals surface area contributed by atoms with Gasteiger partial charge in [-0.15, -0.1) is 0 Å². The van der Waals surface area contributed by atoms with Gasteiger partial charge in [0.05, 0.1) is 17.8 Å². The molecule has 4 nitrogen and oxygen atoms in total. The van der Waals surface area contributed by atoms with Crippen LogP contribution in [-0.4, -0.2) is 16.8 Å². The van der Waals surface area contributed by atoms with Crippen LogP contribution in [0.2, 0.25) is 0 Å². The highest BCUT2D eigenvalue weighted by Crippen LogP contribution is 2.20. The molecule has 0 radical (unpaired) electrons. The summed E-state index contributed by atoms with van der Waals surface area (Å²) in [4.78, 5) is 15.5. The minimum Gasteiger partial charge on any atom is -0.462 e. The molecule has 0 aliphatic rings. The van der Waals surface area contributed by atoms with Gasteiger partial charge in [-0.1, -0.05) is 0 Å².